The highest BCUT2D eigenvalue weighted by molar-refractivity contribution is 6.35. The van der Waals surface area contributed by atoms with Crippen LogP contribution < -0.4 is 10.6 Å². The number of nitrogens with one attached hydrogen (secondary N) is 2. The van der Waals surface area contributed by atoms with Crippen molar-refractivity contribution in [1.82, 2.24) is 20.0 Å². The number of hydrogen-bond donors (Lipinski definition) is 3. The highest BCUT2D eigenvalue weighted by Gasteiger charge is 2.27. The molecular formula is C32H27ClN8O. The van der Waals surface area contributed by atoms with Crippen LogP contribution in [-0.2, 0) is 0 Å². The molecule has 1 fully saturated rings. The third-order valence-electron chi connectivity index (χ3n) is 7.22. The van der Waals surface area contributed by atoms with E-state index in [2.05, 4.69) is 38.1 Å². The molecule has 1 saturated carbocycles. The number of hydrogen-bond acceptors (Lipinski definition) is 8. The maximum atomic E-state index is 10.0. The molecule has 208 valence electrons. The second kappa shape index (κ2) is 11.9. The Kier molecular flexibility index (Phi) is 7.34. The molecule has 0 bridgehead atoms. The topological polar surface area (TPSA) is 135 Å². The minimum atomic E-state index is -1.63. The van der Waals surface area contributed by atoms with Crippen LogP contribution in [0.4, 0.5) is 11.4 Å². The lowest BCUT2D eigenvalue weighted by Gasteiger charge is -2.23. The van der Waals surface area contributed by atoms with E-state index in [-0.39, 0.29) is 18.7 Å². The summed E-state index contributed by atoms with van der Waals surface area (Å²) in [4.78, 5) is 4.46. The SMILES string of the molecule is [2H]C(Nc1cc(Cl)c2ncc(C#N)c(N[C@H](CCO)c3ccccc3)c2c1)(c1cccc(C#N)c1)c1cn(C2CC2)nn1. The fourth-order valence-corrected chi connectivity index (χ4v) is 5.23. The number of fused-ring (bicyclic) bond motifs is 1. The normalized spacial score (nSPS) is 15.2. The van der Waals surface area contributed by atoms with Gasteiger partial charge in [0.1, 0.15) is 11.8 Å². The van der Waals surface area contributed by atoms with E-state index in [1.165, 1.54) is 6.20 Å². The lowest BCUT2D eigenvalue weighted by Crippen LogP contribution is -2.15. The molecule has 0 saturated heterocycles. The molecule has 3 N–H and O–H groups in total. The Morgan fingerprint density at radius 3 is 2.60 bits per heavy atom. The molecule has 5 aromatic rings. The quantitative estimate of drug-likeness (QED) is 0.177. The van der Waals surface area contributed by atoms with Gasteiger partial charge in [0, 0.05) is 23.9 Å². The van der Waals surface area contributed by atoms with Gasteiger partial charge in [-0.15, -0.1) is 5.10 Å². The number of aromatic nitrogens is 4. The van der Waals surface area contributed by atoms with E-state index in [1.54, 1.807) is 47.3 Å². The maximum absolute atomic E-state index is 10.0. The summed E-state index contributed by atoms with van der Waals surface area (Å²) in [7, 11) is 0. The van der Waals surface area contributed by atoms with Gasteiger partial charge < -0.3 is 15.7 Å². The number of halogens is 1. The Bertz CT molecular complexity index is 1880. The first-order valence-corrected chi connectivity index (χ1v) is 14.0. The molecule has 3 aromatic carbocycles. The van der Waals surface area contributed by atoms with Gasteiger partial charge in [0.25, 0.3) is 0 Å². The van der Waals surface area contributed by atoms with Crippen LogP contribution in [0.15, 0.2) is 79.1 Å². The van der Waals surface area contributed by atoms with Crippen LogP contribution in [0.5, 0.6) is 0 Å². The summed E-state index contributed by atoms with van der Waals surface area (Å²) in [5, 5.41) is 45.7. The molecule has 9 nitrogen and oxygen atoms in total. The molecule has 6 rings (SSSR count). The van der Waals surface area contributed by atoms with E-state index < -0.39 is 6.02 Å². The van der Waals surface area contributed by atoms with Crippen LogP contribution in [0.25, 0.3) is 10.9 Å². The van der Waals surface area contributed by atoms with E-state index >= 15 is 0 Å². The Balaban J connectivity index is 1.47. The monoisotopic (exact) mass is 575 g/mol. The third-order valence-corrected chi connectivity index (χ3v) is 7.51. The van der Waals surface area contributed by atoms with E-state index in [0.717, 1.165) is 18.4 Å². The van der Waals surface area contributed by atoms with Crippen molar-refractivity contribution in [1.29, 1.82) is 10.5 Å². The number of nitrogens with zero attached hydrogens (tertiary/aromatic N) is 6. The van der Waals surface area contributed by atoms with Crippen molar-refractivity contribution < 1.29 is 6.48 Å². The van der Waals surface area contributed by atoms with Crippen molar-refractivity contribution in [2.75, 3.05) is 17.2 Å². The van der Waals surface area contributed by atoms with Crippen molar-refractivity contribution in [3.63, 3.8) is 0 Å². The number of nitriles is 2. The number of aliphatic hydroxyl groups excluding tert-OH is 1. The zero-order valence-electron chi connectivity index (χ0n) is 23.5. The van der Waals surface area contributed by atoms with Gasteiger partial charge in [0.05, 0.1) is 59.1 Å². The molecule has 0 radical (unpaired) electrons. The smallest absolute Gasteiger partial charge is 0.109 e. The number of aliphatic hydroxyl groups is 1. The minimum absolute atomic E-state index is 0.0598. The molecule has 2 aromatic heterocycles. The van der Waals surface area contributed by atoms with Gasteiger partial charge in [-0.05, 0) is 54.7 Å². The second-order valence-corrected chi connectivity index (χ2v) is 10.5. The summed E-state index contributed by atoms with van der Waals surface area (Å²) in [6, 6.07) is 22.7. The predicted molar refractivity (Wildman–Crippen MR) is 161 cm³/mol. The maximum Gasteiger partial charge on any atom is 0.109 e. The lowest BCUT2D eigenvalue weighted by atomic mass is 10.0. The molecule has 2 heterocycles. The number of rotatable bonds is 10. The fraction of sp³-hybridized carbons (Fsp3) is 0.219. The van der Waals surface area contributed by atoms with Crippen LogP contribution in [0, 0.1) is 22.7 Å². The second-order valence-electron chi connectivity index (χ2n) is 10.1. The van der Waals surface area contributed by atoms with Gasteiger partial charge in [-0.25, -0.2) is 4.68 Å². The summed E-state index contributed by atoms with van der Waals surface area (Å²) >= 11 is 6.78. The van der Waals surface area contributed by atoms with Crippen LogP contribution >= 0.6 is 11.6 Å². The first-order chi connectivity index (χ1) is 20.9. The number of anilines is 2. The molecule has 1 aliphatic carbocycles. The van der Waals surface area contributed by atoms with Gasteiger partial charge in [-0.3, -0.25) is 4.98 Å². The largest absolute Gasteiger partial charge is 0.396 e. The van der Waals surface area contributed by atoms with Gasteiger partial charge in [-0.2, -0.15) is 10.5 Å². The molecule has 0 spiro atoms. The zero-order chi connectivity index (χ0) is 30.0. The fourth-order valence-electron chi connectivity index (χ4n) is 4.96. The van der Waals surface area contributed by atoms with E-state index in [1.807, 2.05) is 30.3 Å². The Morgan fingerprint density at radius 2 is 1.86 bits per heavy atom. The molecule has 0 aliphatic heterocycles. The van der Waals surface area contributed by atoms with Crippen LogP contribution in [0.3, 0.4) is 0 Å². The average molecular weight is 576 g/mol. The Labute approximate surface area is 249 Å². The number of benzene rings is 3. The van der Waals surface area contributed by atoms with Crippen molar-refractivity contribution in [2.45, 2.75) is 37.4 Å². The van der Waals surface area contributed by atoms with Gasteiger partial charge in [0.2, 0.25) is 0 Å². The first-order valence-electron chi connectivity index (χ1n) is 14.1. The van der Waals surface area contributed by atoms with E-state index in [9.17, 15) is 17.0 Å². The van der Waals surface area contributed by atoms with Crippen molar-refractivity contribution in [2.24, 2.45) is 0 Å². The molecule has 0 amide bonds. The summed E-state index contributed by atoms with van der Waals surface area (Å²) in [5.74, 6) is 0. The Morgan fingerprint density at radius 1 is 1.05 bits per heavy atom. The average Bonchev–Trinajstić information content (AvgIpc) is 3.76. The standard InChI is InChI=1S/C32H27ClN8O/c33-27-15-24(37-31(22-8-4-5-20(13-22)16-34)29-19-41(40-39-29)25-9-10-25)14-26-30(23(17-35)18-36-32(26)27)38-28(11-12-42)21-6-2-1-3-7-21/h1-8,13-15,18-19,25,28,31,37,42H,9-12H2,(H,36,38)/t28-,31?/m1/s1/i31D. The Hall–Kier alpha value is -4.96. The van der Waals surface area contributed by atoms with Gasteiger partial charge in [0.15, 0.2) is 0 Å². The van der Waals surface area contributed by atoms with Crippen molar-refractivity contribution >= 4 is 33.9 Å². The third kappa shape index (κ3) is 5.61. The summed E-state index contributed by atoms with van der Waals surface area (Å²) in [6.45, 7) is -0.0598. The highest BCUT2D eigenvalue weighted by Crippen LogP contribution is 2.38. The molecule has 10 heteroatoms. The van der Waals surface area contributed by atoms with Crippen molar-refractivity contribution in [3.8, 4) is 12.1 Å². The minimum Gasteiger partial charge on any atom is -0.396 e. The van der Waals surface area contributed by atoms with E-state index in [0.29, 0.717) is 56.1 Å². The van der Waals surface area contributed by atoms with Gasteiger partial charge in [-0.1, -0.05) is 59.3 Å². The first kappa shape index (κ1) is 26.0. The van der Waals surface area contributed by atoms with Crippen LogP contribution in [0.2, 0.25) is 5.02 Å². The summed E-state index contributed by atoms with van der Waals surface area (Å²) < 4.78 is 11.5. The highest BCUT2D eigenvalue weighted by atomic mass is 35.5. The molecular weight excluding hydrogens is 548 g/mol. The van der Waals surface area contributed by atoms with Crippen LogP contribution in [-0.4, -0.2) is 31.7 Å². The summed E-state index contributed by atoms with van der Waals surface area (Å²) in [6.07, 6.45) is 5.67. The molecule has 1 unspecified atom stereocenters. The summed E-state index contributed by atoms with van der Waals surface area (Å²) in [5.41, 5.74) is 4.01. The number of pyridine rings is 1. The van der Waals surface area contributed by atoms with Crippen molar-refractivity contribution in [3.05, 3.63) is 112 Å². The zero-order valence-corrected chi connectivity index (χ0v) is 23.3. The van der Waals surface area contributed by atoms with E-state index in [4.69, 9.17) is 11.6 Å². The van der Waals surface area contributed by atoms with Gasteiger partial charge >= 0.3 is 0 Å². The molecule has 42 heavy (non-hydrogen) atoms. The molecule has 1 aliphatic rings. The van der Waals surface area contributed by atoms with Crippen LogP contribution in [0.1, 0.15) is 66.7 Å². The predicted octanol–water partition coefficient (Wildman–Crippen LogP) is 6.30. The molecule has 2 atom stereocenters. The lowest BCUT2D eigenvalue weighted by molar-refractivity contribution is 0.280.